The molecule has 0 aromatic heterocycles. The van der Waals surface area contributed by atoms with Crippen molar-refractivity contribution < 1.29 is 36.2 Å². The molecule has 0 aliphatic heterocycles. The van der Waals surface area contributed by atoms with Crippen LogP contribution < -0.4 is 0 Å². The van der Waals surface area contributed by atoms with E-state index in [1.807, 2.05) is 6.92 Å². The zero-order valence-electron chi connectivity index (χ0n) is 12.3. The zero-order valence-corrected chi connectivity index (χ0v) is 16.5. The fourth-order valence-corrected chi connectivity index (χ4v) is 7.02. The molecular weight excluding hydrogens is 434 g/mol. The maximum absolute atomic E-state index is 12.3. The molecule has 8 nitrogen and oxygen atoms in total. The van der Waals surface area contributed by atoms with E-state index in [-0.39, 0.29) is 4.90 Å². The molecule has 0 spiro atoms. The minimum Gasteiger partial charge on any atom is -0.323 e. The van der Waals surface area contributed by atoms with Gasteiger partial charge < -0.3 is 14.7 Å². The number of hydrogen-bond acceptors (Lipinski definition) is 5. The molecule has 0 amide bonds. The molecular formula is C11H17BrO8P2S. The van der Waals surface area contributed by atoms with Crippen LogP contribution in [0.2, 0.25) is 0 Å². The van der Waals surface area contributed by atoms with Gasteiger partial charge in [-0.3, -0.25) is 9.13 Å². The zero-order chi connectivity index (χ0) is 18.1. The summed E-state index contributed by atoms with van der Waals surface area (Å²) in [5.41, 5.74) is 1.16. The van der Waals surface area contributed by atoms with Crippen molar-refractivity contribution in [3.05, 3.63) is 29.3 Å². The Kier molecular flexibility index (Phi) is 6.80. The molecule has 0 saturated carbocycles. The van der Waals surface area contributed by atoms with Crippen LogP contribution in [0.25, 0.3) is 0 Å². The van der Waals surface area contributed by atoms with Crippen molar-refractivity contribution in [3.63, 3.8) is 0 Å². The number of rotatable bonds is 7. The summed E-state index contributed by atoms with van der Waals surface area (Å²) in [5, 5.41) is 0. The maximum Gasteiger partial charge on any atom is 0.368 e. The molecule has 0 bridgehead atoms. The predicted molar refractivity (Wildman–Crippen MR) is 88.1 cm³/mol. The molecule has 0 aliphatic rings. The second-order valence-corrected chi connectivity index (χ2v) is 12.6. The van der Waals surface area contributed by atoms with Crippen molar-refractivity contribution in [1.82, 2.24) is 0 Å². The van der Waals surface area contributed by atoms with Gasteiger partial charge in [-0.1, -0.05) is 41.9 Å². The van der Waals surface area contributed by atoms with E-state index in [0.717, 1.165) is 5.56 Å². The van der Waals surface area contributed by atoms with Crippen molar-refractivity contribution in [2.45, 2.75) is 35.9 Å². The highest BCUT2D eigenvalue weighted by atomic mass is 79.9. The highest BCUT2D eigenvalue weighted by Crippen LogP contribution is 2.66. The van der Waals surface area contributed by atoms with Gasteiger partial charge in [0.25, 0.3) is 0 Å². The fourth-order valence-electron chi connectivity index (χ4n) is 1.98. The third-order valence-corrected chi connectivity index (χ3v) is 11.6. The Bertz CT molecular complexity index is 772. The molecule has 1 aromatic rings. The van der Waals surface area contributed by atoms with Crippen molar-refractivity contribution in [1.29, 1.82) is 0 Å². The Morgan fingerprint density at radius 1 is 1.17 bits per heavy atom. The molecule has 12 heteroatoms. The number of hydrogen-bond donors (Lipinski definition) is 3. The summed E-state index contributed by atoms with van der Waals surface area (Å²) < 4.78 is 49.5. The summed E-state index contributed by atoms with van der Waals surface area (Å²) >= 11 is 2.34. The lowest BCUT2D eigenvalue weighted by Crippen LogP contribution is -2.13. The lowest BCUT2D eigenvalue weighted by atomic mass is 10.0. The first-order valence-corrected chi connectivity index (χ1v) is 12.1. The first kappa shape index (κ1) is 21.0. The van der Waals surface area contributed by atoms with E-state index < -0.39 is 29.6 Å². The Morgan fingerprint density at radius 2 is 1.74 bits per heavy atom. The summed E-state index contributed by atoms with van der Waals surface area (Å²) in [7, 11) is -14.9. The topological polar surface area (TPSA) is 138 Å². The molecule has 0 aliphatic carbocycles. The van der Waals surface area contributed by atoms with Crippen LogP contribution in [0.3, 0.4) is 0 Å². The van der Waals surface area contributed by atoms with E-state index in [0.29, 0.717) is 18.4 Å². The van der Waals surface area contributed by atoms with Crippen LogP contribution in [0.5, 0.6) is 0 Å². The van der Waals surface area contributed by atoms with Crippen LogP contribution in [0, 0.1) is 0 Å². The molecule has 0 fully saturated rings. The van der Waals surface area contributed by atoms with E-state index >= 15 is 0 Å². The van der Waals surface area contributed by atoms with Gasteiger partial charge in [0.15, 0.2) is 0 Å². The van der Waals surface area contributed by atoms with Gasteiger partial charge in [0, 0.05) is 0 Å². The summed E-state index contributed by atoms with van der Waals surface area (Å²) in [6, 6.07) is 4.40. The van der Waals surface area contributed by atoms with E-state index in [1.54, 1.807) is 13.0 Å². The summed E-state index contributed by atoms with van der Waals surface area (Å²) in [6.07, 6.45) is 0.890. The van der Waals surface area contributed by atoms with Gasteiger partial charge in [0.05, 0.1) is 4.90 Å². The Morgan fingerprint density at radius 3 is 2.17 bits per heavy atom. The number of aryl methyl sites for hydroxylation is 1. The highest BCUT2D eigenvalue weighted by molar-refractivity contribution is 9.12. The minimum absolute atomic E-state index is 0.293. The van der Waals surface area contributed by atoms with Gasteiger partial charge >= 0.3 is 25.3 Å². The van der Waals surface area contributed by atoms with Crippen LogP contribution in [0.1, 0.15) is 25.0 Å². The Balaban J connectivity index is 3.35. The van der Waals surface area contributed by atoms with Gasteiger partial charge in [-0.15, -0.1) is 0 Å². The second kappa shape index (κ2) is 7.45. The fraction of sp³-hybridized carbons (Fsp3) is 0.455. The quantitative estimate of drug-likeness (QED) is 0.425. The van der Waals surface area contributed by atoms with Crippen LogP contribution in [-0.4, -0.2) is 27.4 Å². The average Bonchev–Trinajstić information content (AvgIpc) is 2.43. The third-order valence-electron chi connectivity index (χ3n) is 2.99. The molecule has 3 N–H and O–H groups in total. The SMILES string of the molecule is CCc1cccc(S(=O)(=O)OP(=O)(O)C(Br)P(=O)(O)O)c1CC. The largest absolute Gasteiger partial charge is 0.368 e. The Hall–Kier alpha value is -0.0500. The van der Waals surface area contributed by atoms with Gasteiger partial charge in [-0.25, -0.2) is 0 Å². The molecule has 0 heterocycles. The Labute approximate surface area is 142 Å². The minimum atomic E-state index is -5.18. The number of benzene rings is 1. The van der Waals surface area contributed by atoms with Gasteiger partial charge in [-0.2, -0.15) is 12.4 Å². The normalized spacial score (nSPS) is 16.8. The van der Waals surface area contributed by atoms with Crippen LogP contribution in [0.4, 0.5) is 0 Å². The van der Waals surface area contributed by atoms with Gasteiger partial charge in [0.2, 0.25) is 4.31 Å². The molecule has 2 unspecified atom stereocenters. The molecule has 1 aromatic carbocycles. The second-order valence-electron chi connectivity index (χ2n) is 4.59. The van der Waals surface area contributed by atoms with Crippen LogP contribution in [-0.2, 0) is 36.1 Å². The smallest absolute Gasteiger partial charge is 0.323 e. The van der Waals surface area contributed by atoms with Crippen molar-refractivity contribution in [3.8, 4) is 0 Å². The van der Waals surface area contributed by atoms with E-state index in [4.69, 9.17) is 9.79 Å². The van der Waals surface area contributed by atoms with E-state index in [9.17, 15) is 22.4 Å². The number of halogens is 1. The molecule has 23 heavy (non-hydrogen) atoms. The predicted octanol–water partition coefficient (Wildman–Crippen LogP) is 2.56. The first-order valence-electron chi connectivity index (χ1n) is 6.45. The molecule has 132 valence electrons. The molecule has 1 rings (SSSR count). The summed E-state index contributed by atoms with van der Waals surface area (Å²) in [4.78, 5) is 27.2. The summed E-state index contributed by atoms with van der Waals surface area (Å²) in [5.74, 6) is 0. The van der Waals surface area contributed by atoms with Crippen molar-refractivity contribution in [2.75, 3.05) is 0 Å². The van der Waals surface area contributed by atoms with E-state index in [1.165, 1.54) is 12.1 Å². The van der Waals surface area contributed by atoms with Gasteiger partial charge in [-0.05, 0) is 30.0 Å². The van der Waals surface area contributed by atoms with Gasteiger partial charge in [0.1, 0.15) is 0 Å². The third kappa shape index (κ3) is 4.96. The van der Waals surface area contributed by atoms with Crippen LogP contribution in [0.15, 0.2) is 23.1 Å². The average molecular weight is 451 g/mol. The lowest BCUT2D eigenvalue weighted by molar-refractivity contribution is 0.356. The first-order chi connectivity index (χ1) is 10.4. The van der Waals surface area contributed by atoms with E-state index in [2.05, 4.69) is 19.9 Å². The molecule has 2 atom stereocenters. The molecule has 0 saturated heterocycles. The van der Waals surface area contributed by atoms with Crippen molar-refractivity contribution in [2.24, 2.45) is 0 Å². The monoisotopic (exact) mass is 450 g/mol. The number of alkyl halides is 1. The highest BCUT2D eigenvalue weighted by Gasteiger charge is 2.47. The van der Waals surface area contributed by atoms with Crippen molar-refractivity contribution >= 4 is 41.2 Å². The maximum atomic E-state index is 12.3. The standard InChI is InChI=1S/C11H17BrO8P2S/c1-3-8-6-5-7-10(9(8)4-2)23(18,19)20-22(16,17)11(12)21(13,14)15/h5-7,11H,3-4H2,1-2H3,(H,16,17)(H2,13,14,15). The lowest BCUT2D eigenvalue weighted by Gasteiger charge is -2.19. The summed E-state index contributed by atoms with van der Waals surface area (Å²) in [6.45, 7) is 3.54. The van der Waals surface area contributed by atoms with Crippen LogP contribution >= 0.6 is 31.1 Å². The molecule has 0 radical (unpaired) electrons.